The van der Waals surface area contributed by atoms with Crippen molar-refractivity contribution >= 4 is 11.8 Å². The SMILES string of the molecule is CC(C)C[C@@H]1NC(=O)[C@@H]2C[C@H](NCc3cc(F)ccc3F)CN2C1=O. The zero-order valence-corrected chi connectivity index (χ0v) is 14.4. The first-order valence-electron chi connectivity index (χ1n) is 8.63. The van der Waals surface area contributed by atoms with E-state index in [1.807, 2.05) is 13.8 Å². The van der Waals surface area contributed by atoms with E-state index in [0.717, 1.165) is 18.2 Å². The maximum atomic E-state index is 13.7. The van der Waals surface area contributed by atoms with Gasteiger partial charge < -0.3 is 15.5 Å². The van der Waals surface area contributed by atoms with E-state index in [-0.39, 0.29) is 30.0 Å². The number of carbonyl (C=O) groups excluding carboxylic acids is 2. The van der Waals surface area contributed by atoms with Crippen LogP contribution in [-0.4, -0.2) is 41.4 Å². The monoisotopic (exact) mass is 351 g/mol. The number of hydrogen-bond acceptors (Lipinski definition) is 3. The summed E-state index contributed by atoms with van der Waals surface area (Å²) in [5.74, 6) is -0.854. The van der Waals surface area contributed by atoms with Crippen molar-refractivity contribution < 1.29 is 18.4 Å². The Labute approximate surface area is 145 Å². The third-order valence-electron chi connectivity index (χ3n) is 4.80. The van der Waals surface area contributed by atoms with Crippen molar-refractivity contribution in [2.24, 2.45) is 5.92 Å². The number of amides is 2. The summed E-state index contributed by atoms with van der Waals surface area (Å²) in [4.78, 5) is 26.5. The molecule has 0 aromatic heterocycles. The molecule has 2 fully saturated rings. The molecule has 0 spiro atoms. The molecule has 2 aliphatic heterocycles. The number of hydrogen-bond donors (Lipinski definition) is 2. The Kier molecular flexibility index (Phi) is 5.03. The van der Waals surface area contributed by atoms with Gasteiger partial charge in [-0.3, -0.25) is 9.59 Å². The lowest BCUT2D eigenvalue weighted by molar-refractivity contribution is -0.147. The molecular weight excluding hydrogens is 328 g/mol. The summed E-state index contributed by atoms with van der Waals surface area (Å²) in [6.07, 6.45) is 1.09. The lowest BCUT2D eigenvalue weighted by Crippen LogP contribution is -2.61. The molecule has 7 heteroatoms. The molecule has 0 bridgehead atoms. The van der Waals surface area contributed by atoms with Crippen LogP contribution in [-0.2, 0) is 16.1 Å². The molecule has 0 radical (unpaired) electrons. The molecule has 3 rings (SSSR count). The summed E-state index contributed by atoms with van der Waals surface area (Å²) in [6.45, 7) is 4.57. The molecule has 0 unspecified atom stereocenters. The average molecular weight is 351 g/mol. The van der Waals surface area contributed by atoms with E-state index in [1.165, 1.54) is 0 Å². The van der Waals surface area contributed by atoms with Crippen LogP contribution in [0.2, 0.25) is 0 Å². The van der Waals surface area contributed by atoms with Crippen LogP contribution >= 0.6 is 0 Å². The average Bonchev–Trinajstić information content (AvgIpc) is 2.98. The van der Waals surface area contributed by atoms with E-state index in [0.29, 0.717) is 25.3 Å². The number of nitrogens with zero attached hydrogens (tertiary/aromatic N) is 1. The van der Waals surface area contributed by atoms with Gasteiger partial charge in [-0.25, -0.2) is 8.78 Å². The van der Waals surface area contributed by atoms with Crippen LogP contribution in [0.25, 0.3) is 0 Å². The van der Waals surface area contributed by atoms with Crippen LogP contribution in [0, 0.1) is 17.6 Å². The molecule has 1 aromatic carbocycles. The Bertz CT molecular complexity index is 680. The smallest absolute Gasteiger partial charge is 0.245 e. The second-order valence-electron chi connectivity index (χ2n) is 7.25. The fourth-order valence-corrected chi connectivity index (χ4v) is 3.57. The van der Waals surface area contributed by atoms with Gasteiger partial charge in [0.05, 0.1) is 0 Å². The van der Waals surface area contributed by atoms with Gasteiger partial charge in [-0.1, -0.05) is 13.8 Å². The van der Waals surface area contributed by atoms with Crippen LogP contribution in [0.15, 0.2) is 18.2 Å². The first kappa shape index (κ1) is 17.8. The normalized spacial score (nSPS) is 26.1. The van der Waals surface area contributed by atoms with Crippen LogP contribution in [0.1, 0.15) is 32.3 Å². The Morgan fingerprint density at radius 3 is 2.80 bits per heavy atom. The summed E-state index contributed by atoms with van der Waals surface area (Å²) in [5, 5.41) is 5.95. The van der Waals surface area contributed by atoms with Gasteiger partial charge in [0.25, 0.3) is 0 Å². The van der Waals surface area contributed by atoms with E-state index in [9.17, 15) is 18.4 Å². The summed E-state index contributed by atoms with van der Waals surface area (Å²) in [7, 11) is 0. The minimum absolute atomic E-state index is 0.0560. The van der Waals surface area contributed by atoms with Gasteiger partial charge in [0.2, 0.25) is 11.8 Å². The zero-order valence-electron chi connectivity index (χ0n) is 14.4. The fraction of sp³-hybridized carbons (Fsp3) is 0.556. The molecule has 25 heavy (non-hydrogen) atoms. The topological polar surface area (TPSA) is 61.4 Å². The summed E-state index contributed by atoms with van der Waals surface area (Å²) in [5.41, 5.74) is 0.235. The zero-order chi connectivity index (χ0) is 18.1. The van der Waals surface area contributed by atoms with Crippen molar-refractivity contribution in [3.63, 3.8) is 0 Å². The highest BCUT2D eigenvalue weighted by molar-refractivity contribution is 5.97. The Morgan fingerprint density at radius 1 is 1.32 bits per heavy atom. The molecule has 2 heterocycles. The molecule has 136 valence electrons. The molecule has 3 atom stereocenters. The van der Waals surface area contributed by atoms with Crippen molar-refractivity contribution in [3.05, 3.63) is 35.4 Å². The molecule has 5 nitrogen and oxygen atoms in total. The Balaban J connectivity index is 1.63. The summed E-state index contributed by atoms with van der Waals surface area (Å²) in [6, 6.07) is 2.25. The van der Waals surface area contributed by atoms with Crippen molar-refractivity contribution in [2.75, 3.05) is 6.54 Å². The van der Waals surface area contributed by atoms with E-state index in [1.54, 1.807) is 4.90 Å². The molecule has 2 amide bonds. The minimum atomic E-state index is -0.492. The molecule has 1 aromatic rings. The molecule has 0 saturated carbocycles. The fourth-order valence-electron chi connectivity index (χ4n) is 3.57. The van der Waals surface area contributed by atoms with E-state index in [4.69, 9.17) is 0 Å². The second-order valence-corrected chi connectivity index (χ2v) is 7.25. The lowest BCUT2D eigenvalue weighted by atomic mass is 9.99. The predicted molar refractivity (Wildman–Crippen MR) is 88.5 cm³/mol. The largest absolute Gasteiger partial charge is 0.342 e. The number of halogens is 2. The van der Waals surface area contributed by atoms with Crippen LogP contribution in [0.3, 0.4) is 0 Å². The van der Waals surface area contributed by atoms with Crippen LogP contribution in [0.4, 0.5) is 8.78 Å². The van der Waals surface area contributed by atoms with Crippen LogP contribution in [0.5, 0.6) is 0 Å². The number of piperazine rings is 1. The first-order valence-corrected chi connectivity index (χ1v) is 8.63. The molecule has 0 aliphatic carbocycles. The van der Waals surface area contributed by atoms with Crippen molar-refractivity contribution in [1.29, 1.82) is 0 Å². The maximum Gasteiger partial charge on any atom is 0.245 e. The number of rotatable bonds is 5. The summed E-state index contributed by atoms with van der Waals surface area (Å²) < 4.78 is 26.9. The molecular formula is C18H23F2N3O2. The number of carbonyl (C=O) groups is 2. The van der Waals surface area contributed by atoms with E-state index >= 15 is 0 Å². The van der Waals surface area contributed by atoms with Gasteiger partial charge in [-0.15, -0.1) is 0 Å². The Hall–Kier alpha value is -2.02. The maximum absolute atomic E-state index is 13.7. The van der Waals surface area contributed by atoms with Crippen molar-refractivity contribution in [3.8, 4) is 0 Å². The van der Waals surface area contributed by atoms with Gasteiger partial charge in [-0.2, -0.15) is 0 Å². The highest BCUT2D eigenvalue weighted by Crippen LogP contribution is 2.25. The van der Waals surface area contributed by atoms with Crippen molar-refractivity contribution in [2.45, 2.75) is 51.4 Å². The summed E-state index contributed by atoms with van der Waals surface area (Å²) >= 11 is 0. The van der Waals surface area contributed by atoms with Gasteiger partial charge in [0.15, 0.2) is 0 Å². The second kappa shape index (κ2) is 7.07. The highest BCUT2D eigenvalue weighted by Gasteiger charge is 2.46. The van der Waals surface area contributed by atoms with Crippen molar-refractivity contribution in [1.82, 2.24) is 15.5 Å². The minimum Gasteiger partial charge on any atom is -0.342 e. The third-order valence-corrected chi connectivity index (χ3v) is 4.80. The number of fused-ring (bicyclic) bond motifs is 1. The van der Waals surface area contributed by atoms with Gasteiger partial charge >= 0.3 is 0 Å². The molecule has 2 N–H and O–H groups in total. The van der Waals surface area contributed by atoms with Gasteiger partial charge in [-0.05, 0) is 37.0 Å². The molecule has 2 saturated heterocycles. The Morgan fingerprint density at radius 2 is 2.08 bits per heavy atom. The highest BCUT2D eigenvalue weighted by atomic mass is 19.1. The third kappa shape index (κ3) is 3.81. The molecule has 2 aliphatic rings. The van der Waals surface area contributed by atoms with E-state index in [2.05, 4.69) is 10.6 Å². The lowest BCUT2D eigenvalue weighted by Gasteiger charge is -2.35. The van der Waals surface area contributed by atoms with Gasteiger partial charge in [0, 0.05) is 24.7 Å². The van der Waals surface area contributed by atoms with E-state index < -0.39 is 23.7 Å². The number of benzene rings is 1. The quantitative estimate of drug-likeness (QED) is 0.847. The standard InChI is InChI=1S/C18H23F2N3O2/c1-10(2)5-15-18(25)23-9-13(7-16(23)17(24)22-15)21-8-11-6-12(19)3-4-14(11)20/h3-4,6,10,13,15-16,21H,5,7-9H2,1-2H3,(H,22,24)/t13-,15-,16-/m0/s1. The first-order chi connectivity index (χ1) is 11.8. The van der Waals surface area contributed by atoms with Gasteiger partial charge in [0.1, 0.15) is 23.7 Å². The van der Waals surface area contributed by atoms with Crippen LogP contribution < -0.4 is 10.6 Å². The predicted octanol–water partition coefficient (Wildman–Crippen LogP) is 1.57. The number of nitrogens with one attached hydrogen (secondary N) is 2.